The number of rotatable bonds is 3. The van der Waals surface area contributed by atoms with Crippen LogP contribution in [0.3, 0.4) is 0 Å². The Kier molecular flexibility index (Phi) is 3.34. The fraction of sp³-hybridized carbons (Fsp3) is 0.600. The van der Waals surface area contributed by atoms with Gasteiger partial charge in [0, 0.05) is 19.6 Å². The largest absolute Gasteiger partial charge is 0.378 e. The summed E-state index contributed by atoms with van der Waals surface area (Å²) >= 11 is 0. The molecule has 1 fully saturated rings. The van der Waals surface area contributed by atoms with Crippen LogP contribution in [0.4, 0.5) is 11.6 Å². The average molecular weight is 208 g/mol. The summed E-state index contributed by atoms with van der Waals surface area (Å²) in [5, 5.41) is 3.16. The smallest absolute Gasteiger partial charge is 0.149 e. The van der Waals surface area contributed by atoms with Crippen molar-refractivity contribution in [3.63, 3.8) is 0 Å². The molecule has 1 N–H and O–H groups in total. The molecule has 0 radical (unpaired) electrons. The molecule has 15 heavy (non-hydrogen) atoms. The van der Waals surface area contributed by atoms with Crippen molar-refractivity contribution in [3.05, 3.63) is 12.4 Å². The molecule has 5 nitrogen and oxygen atoms in total. The summed E-state index contributed by atoms with van der Waals surface area (Å²) < 4.78 is 5.29. The number of hydrogen-bond acceptors (Lipinski definition) is 5. The first kappa shape index (κ1) is 10.2. The van der Waals surface area contributed by atoms with Crippen molar-refractivity contribution in [1.82, 2.24) is 9.97 Å². The van der Waals surface area contributed by atoms with Gasteiger partial charge in [-0.25, -0.2) is 4.98 Å². The molecule has 1 aliphatic rings. The van der Waals surface area contributed by atoms with E-state index in [0.29, 0.717) is 0 Å². The van der Waals surface area contributed by atoms with Gasteiger partial charge < -0.3 is 15.0 Å². The summed E-state index contributed by atoms with van der Waals surface area (Å²) in [6.45, 7) is 6.24. The lowest BCUT2D eigenvalue weighted by atomic mass is 10.4. The number of morpholine rings is 1. The SMILES string of the molecule is CCNc1cncc(N2CCOCC2)n1. The Morgan fingerprint density at radius 3 is 2.93 bits per heavy atom. The summed E-state index contributed by atoms with van der Waals surface area (Å²) in [5.74, 6) is 1.76. The molecule has 82 valence electrons. The van der Waals surface area contributed by atoms with E-state index in [2.05, 4.69) is 20.2 Å². The number of ether oxygens (including phenoxy) is 1. The van der Waals surface area contributed by atoms with E-state index in [0.717, 1.165) is 44.5 Å². The molecule has 0 saturated carbocycles. The van der Waals surface area contributed by atoms with Crippen molar-refractivity contribution in [3.8, 4) is 0 Å². The van der Waals surface area contributed by atoms with Gasteiger partial charge in [-0.05, 0) is 6.92 Å². The van der Waals surface area contributed by atoms with E-state index in [1.165, 1.54) is 0 Å². The highest BCUT2D eigenvalue weighted by atomic mass is 16.5. The van der Waals surface area contributed by atoms with E-state index in [9.17, 15) is 0 Å². The first-order valence-electron chi connectivity index (χ1n) is 5.29. The van der Waals surface area contributed by atoms with Crippen molar-refractivity contribution < 1.29 is 4.74 Å². The minimum Gasteiger partial charge on any atom is -0.378 e. The molecule has 1 aromatic heterocycles. The van der Waals surface area contributed by atoms with Crippen LogP contribution >= 0.6 is 0 Å². The van der Waals surface area contributed by atoms with Gasteiger partial charge in [0.25, 0.3) is 0 Å². The summed E-state index contributed by atoms with van der Waals surface area (Å²) in [6.07, 6.45) is 3.54. The zero-order valence-electron chi connectivity index (χ0n) is 8.94. The molecule has 0 aromatic carbocycles. The molecule has 5 heteroatoms. The lowest BCUT2D eigenvalue weighted by Crippen LogP contribution is -2.36. The topological polar surface area (TPSA) is 50.3 Å². The van der Waals surface area contributed by atoms with E-state index >= 15 is 0 Å². The number of aromatic nitrogens is 2. The van der Waals surface area contributed by atoms with Gasteiger partial charge in [0.05, 0.1) is 25.6 Å². The maximum atomic E-state index is 5.29. The highest BCUT2D eigenvalue weighted by Gasteiger charge is 2.12. The van der Waals surface area contributed by atoms with Crippen molar-refractivity contribution in [2.24, 2.45) is 0 Å². The third-order valence-electron chi connectivity index (χ3n) is 2.31. The van der Waals surface area contributed by atoms with Crippen molar-refractivity contribution in [2.45, 2.75) is 6.92 Å². The molecule has 0 spiro atoms. The van der Waals surface area contributed by atoms with Crippen molar-refractivity contribution in [1.29, 1.82) is 0 Å². The highest BCUT2D eigenvalue weighted by molar-refractivity contribution is 5.43. The van der Waals surface area contributed by atoms with E-state index in [-0.39, 0.29) is 0 Å². The molecule has 0 atom stereocenters. The number of nitrogens with zero attached hydrogens (tertiary/aromatic N) is 3. The van der Waals surface area contributed by atoms with E-state index < -0.39 is 0 Å². The van der Waals surface area contributed by atoms with Gasteiger partial charge in [-0.2, -0.15) is 0 Å². The van der Waals surface area contributed by atoms with Gasteiger partial charge in [-0.1, -0.05) is 0 Å². The van der Waals surface area contributed by atoms with Crippen LogP contribution in [-0.4, -0.2) is 42.8 Å². The fourth-order valence-electron chi connectivity index (χ4n) is 1.57. The number of hydrogen-bond donors (Lipinski definition) is 1. The first-order valence-corrected chi connectivity index (χ1v) is 5.29. The summed E-state index contributed by atoms with van der Waals surface area (Å²) in [5.41, 5.74) is 0. The predicted octanol–water partition coefficient (Wildman–Crippen LogP) is 0.745. The van der Waals surface area contributed by atoms with E-state index in [1.807, 2.05) is 6.92 Å². The standard InChI is InChI=1S/C10H16N4O/c1-2-12-9-7-11-8-10(13-9)14-3-5-15-6-4-14/h7-8H,2-6H2,1H3,(H,12,13). The number of nitrogens with one attached hydrogen (secondary N) is 1. The summed E-state index contributed by atoms with van der Waals surface area (Å²) in [4.78, 5) is 10.8. The molecule has 0 bridgehead atoms. The van der Waals surface area contributed by atoms with E-state index in [1.54, 1.807) is 12.4 Å². The van der Waals surface area contributed by atoms with Crippen LogP contribution in [-0.2, 0) is 4.74 Å². The van der Waals surface area contributed by atoms with Gasteiger partial charge >= 0.3 is 0 Å². The lowest BCUT2D eigenvalue weighted by molar-refractivity contribution is 0.122. The molecule has 0 unspecified atom stereocenters. The molecule has 1 saturated heterocycles. The van der Waals surface area contributed by atoms with Gasteiger partial charge in [0.1, 0.15) is 11.6 Å². The molecular weight excluding hydrogens is 192 g/mol. The predicted molar refractivity (Wildman–Crippen MR) is 59.2 cm³/mol. The normalized spacial score (nSPS) is 16.5. The second-order valence-electron chi connectivity index (χ2n) is 3.39. The maximum Gasteiger partial charge on any atom is 0.149 e. The quantitative estimate of drug-likeness (QED) is 0.794. The Bertz CT molecular complexity index is 312. The lowest BCUT2D eigenvalue weighted by Gasteiger charge is -2.27. The van der Waals surface area contributed by atoms with Gasteiger partial charge in [0.15, 0.2) is 0 Å². The molecule has 1 aliphatic heterocycles. The fourth-order valence-corrected chi connectivity index (χ4v) is 1.57. The Morgan fingerprint density at radius 1 is 1.40 bits per heavy atom. The van der Waals surface area contributed by atoms with Crippen molar-refractivity contribution in [2.75, 3.05) is 43.1 Å². The van der Waals surface area contributed by atoms with Crippen LogP contribution in [0.1, 0.15) is 6.92 Å². The second-order valence-corrected chi connectivity index (χ2v) is 3.39. The molecular formula is C10H16N4O. The van der Waals surface area contributed by atoms with Gasteiger partial charge in [-0.3, -0.25) is 4.98 Å². The minimum absolute atomic E-state index is 0.771. The molecule has 2 heterocycles. The van der Waals surface area contributed by atoms with Crippen LogP contribution < -0.4 is 10.2 Å². The third kappa shape index (κ3) is 2.56. The molecule has 2 rings (SSSR count). The Balaban J connectivity index is 2.09. The second kappa shape index (κ2) is 4.93. The number of anilines is 2. The summed E-state index contributed by atoms with van der Waals surface area (Å²) in [7, 11) is 0. The molecule has 0 aliphatic carbocycles. The monoisotopic (exact) mass is 208 g/mol. The minimum atomic E-state index is 0.771. The van der Waals surface area contributed by atoms with E-state index in [4.69, 9.17) is 4.74 Å². The Hall–Kier alpha value is -1.36. The molecule has 1 aromatic rings. The van der Waals surface area contributed by atoms with Crippen LogP contribution in [0.5, 0.6) is 0 Å². The first-order chi connectivity index (χ1) is 7.40. The van der Waals surface area contributed by atoms with Crippen LogP contribution in [0.2, 0.25) is 0 Å². The maximum absolute atomic E-state index is 5.29. The van der Waals surface area contributed by atoms with Gasteiger partial charge in [0.2, 0.25) is 0 Å². The van der Waals surface area contributed by atoms with Crippen LogP contribution in [0.15, 0.2) is 12.4 Å². The zero-order chi connectivity index (χ0) is 10.5. The van der Waals surface area contributed by atoms with Crippen LogP contribution in [0, 0.1) is 0 Å². The zero-order valence-corrected chi connectivity index (χ0v) is 8.94. The Labute approximate surface area is 89.5 Å². The molecule has 0 amide bonds. The average Bonchev–Trinajstić information content (AvgIpc) is 2.31. The van der Waals surface area contributed by atoms with Gasteiger partial charge in [-0.15, -0.1) is 0 Å². The third-order valence-corrected chi connectivity index (χ3v) is 2.31. The van der Waals surface area contributed by atoms with Crippen LogP contribution in [0.25, 0.3) is 0 Å². The Morgan fingerprint density at radius 2 is 2.20 bits per heavy atom. The highest BCUT2D eigenvalue weighted by Crippen LogP contribution is 2.13. The summed E-state index contributed by atoms with van der Waals surface area (Å²) in [6, 6.07) is 0. The van der Waals surface area contributed by atoms with Crippen molar-refractivity contribution >= 4 is 11.6 Å².